The van der Waals surface area contributed by atoms with Gasteiger partial charge in [0.05, 0.1) is 11.2 Å². The molecular weight excluding hydrogens is 454 g/mol. The number of aryl methyl sites for hydroxylation is 1. The highest BCUT2D eigenvalue weighted by Gasteiger charge is 2.17. The quantitative estimate of drug-likeness (QED) is 0.286. The number of nitrogens with zero attached hydrogens (tertiary/aromatic N) is 5. The molecule has 3 N–H and O–H groups in total. The number of rotatable bonds is 8. The van der Waals surface area contributed by atoms with Gasteiger partial charge in [-0.2, -0.15) is 5.21 Å². The van der Waals surface area contributed by atoms with Crippen LogP contribution in [0.4, 0.5) is 5.69 Å². The average molecular weight is 480 g/mol. The third-order valence-electron chi connectivity index (χ3n) is 6.17. The number of hydrogen-bond donors (Lipinski definition) is 3. The van der Waals surface area contributed by atoms with E-state index in [4.69, 9.17) is 4.98 Å². The first kappa shape index (κ1) is 23.1. The van der Waals surface area contributed by atoms with E-state index < -0.39 is 5.97 Å². The molecule has 0 radical (unpaired) electrons. The summed E-state index contributed by atoms with van der Waals surface area (Å²) in [6.45, 7) is 4.70. The van der Waals surface area contributed by atoms with Crippen LogP contribution in [0.3, 0.4) is 0 Å². The van der Waals surface area contributed by atoms with Crippen molar-refractivity contribution in [3.8, 4) is 22.5 Å². The first-order chi connectivity index (χ1) is 17.6. The van der Waals surface area contributed by atoms with Gasteiger partial charge < -0.3 is 10.4 Å². The van der Waals surface area contributed by atoms with Gasteiger partial charge in [0.25, 0.3) is 0 Å². The van der Waals surface area contributed by atoms with Gasteiger partial charge in [-0.3, -0.25) is 4.98 Å². The number of hydrogen-bond acceptors (Lipinski definition) is 7. The minimum Gasteiger partial charge on any atom is -0.477 e. The molecule has 2 aromatic carbocycles. The predicted octanol–water partition coefficient (Wildman–Crippen LogP) is 4.91. The number of carbonyl (C=O) groups is 1. The number of fused-ring (bicyclic) bond motifs is 1. The first-order valence-corrected chi connectivity index (χ1v) is 11.8. The molecule has 0 saturated heterocycles. The number of tetrazole rings is 1. The van der Waals surface area contributed by atoms with Crippen LogP contribution >= 0.6 is 0 Å². The molecule has 36 heavy (non-hydrogen) atoms. The number of aromatic amines is 1. The number of nitrogens with one attached hydrogen (secondary N) is 2. The summed E-state index contributed by atoms with van der Waals surface area (Å²) in [5.74, 6) is -0.509. The summed E-state index contributed by atoms with van der Waals surface area (Å²) in [6, 6.07) is 19.4. The van der Waals surface area contributed by atoms with E-state index in [1.807, 2.05) is 24.3 Å². The largest absolute Gasteiger partial charge is 0.477 e. The second-order valence-electron chi connectivity index (χ2n) is 8.32. The molecule has 0 aliphatic rings. The van der Waals surface area contributed by atoms with Gasteiger partial charge in [-0.15, -0.1) is 10.2 Å². The van der Waals surface area contributed by atoms with Gasteiger partial charge in [0, 0.05) is 17.8 Å². The monoisotopic (exact) mass is 479 g/mol. The molecule has 0 atom stereocenters. The zero-order chi connectivity index (χ0) is 25.1. The fourth-order valence-corrected chi connectivity index (χ4v) is 4.41. The molecule has 5 rings (SSSR count). The Labute approximate surface area is 207 Å². The van der Waals surface area contributed by atoms with E-state index >= 15 is 0 Å². The van der Waals surface area contributed by atoms with Gasteiger partial charge in [-0.05, 0) is 52.4 Å². The minimum atomic E-state index is -1.06. The van der Waals surface area contributed by atoms with Gasteiger partial charge in [0.15, 0.2) is 0 Å². The Morgan fingerprint density at radius 1 is 0.944 bits per heavy atom. The molecule has 0 saturated carbocycles. The number of H-pyrrole nitrogens is 1. The first-order valence-electron chi connectivity index (χ1n) is 11.8. The number of carboxylic acids is 1. The van der Waals surface area contributed by atoms with Crippen molar-refractivity contribution < 1.29 is 9.90 Å². The Morgan fingerprint density at radius 3 is 2.39 bits per heavy atom. The number of anilines is 1. The Morgan fingerprint density at radius 2 is 1.72 bits per heavy atom. The zero-order valence-electron chi connectivity index (χ0n) is 20.0. The van der Waals surface area contributed by atoms with Crippen LogP contribution in [-0.4, -0.2) is 41.7 Å². The lowest BCUT2D eigenvalue weighted by Gasteiger charge is -2.17. The normalized spacial score (nSPS) is 11.1. The van der Waals surface area contributed by atoms with Crippen molar-refractivity contribution in [3.63, 3.8) is 0 Å². The van der Waals surface area contributed by atoms with Gasteiger partial charge in [-0.25, -0.2) is 9.78 Å². The SMILES string of the molecule is CCc1nc2ccc(C(=O)O)nc2c(NCc2ccc(-c3ccccc3-c3nn[nH]n3)cc2)c1CC. The maximum absolute atomic E-state index is 11.5. The number of benzene rings is 2. The second kappa shape index (κ2) is 9.91. The zero-order valence-corrected chi connectivity index (χ0v) is 20.0. The number of pyridine rings is 2. The minimum absolute atomic E-state index is 0.00303. The van der Waals surface area contributed by atoms with Gasteiger partial charge >= 0.3 is 5.97 Å². The lowest BCUT2D eigenvalue weighted by molar-refractivity contribution is 0.0691. The summed E-state index contributed by atoms with van der Waals surface area (Å²) < 4.78 is 0. The molecule has 5 aromatic rings. The predicted molar refractivity (Wildman–Crippen MR) is 138 cm³/mol. The Kier molecular flexibility index (Phi) is 6.36. The highest BCUT2D eigenvalue weighted by molar-refractivity contribution is 5.94. The topological polar surface area (TPSA) is 130 Å². The molecule has 3 heterocycles. The Hall–Kier alpha value is -4.66. The molecule has 0 spiro atoms. The standard InChI is InChI=1S/C27H25N7O2/c1-3-18-21(4-2)29-22-13-14-23(27(35)36)30-25(22)24(18)28-15-16-9-11-17(12-10-16)19-7-5-6-8-20(19)26-31-33-34-32-26/h5-14H,3-4,15H2,1-2H3,(H,28,29)(H,35,36)(H,31,32,33,34). The van der Waals surface area contributed by atoms with Crippen molar-refractivity contribution in [3.05, 3.63) is 83.2 Å². The van der Waals surface area contributed by atoms with E-state index in [0.717, 1.165) is 52.0 Å². The molecule has 0 unspecified atom stereocenters. The summed E-state index contributed by atoms with van der Waals surface area (Å²) >= 11 is 0. The summed E-state index contributed by atoms with van der Waals surface area (Å²) in [4.78, 5) is 20.7. The average Bonchev–Trinajstić information content (AvgIpc) is 3.46. The van der Waals surface area contributed by atoms with Crippen LogP contribution in [-0.2, 0) is 19.4 Å². The van der Waals surface area contributed by atoms with Crippen LogP contribution in [0.25, 0.3) is 33.5 Å². The lowest BCUT2D eigenvalue weighted by Crippen LogP contribution is -2.09. The van der Waals surface area contributed by atoms with E-state index in [2.05, 4.69) is 69.0 Å². The number of aromatic carboxylic acids is 1. The summed E-state index contributed by atoms with van der Waals surface area (Å²) in [7, 11) is 0. The highest BCUT2D eigenvalue weighted by atomic mass is 16.4. The van der Waals surface area contributed by atoms with Crippen LogP contribution in [0.5, 0.6) is 0 Å². The smallest absolute Gasteiger partial charge is 0.354 e. The van der Waals surface area contributed by atoms with Gasteiger partial charge in [0.1, 0.15) is 11.2 Å². The lowest BCUT2D eigenvalue weighted by atomic mass is 9.98. The van der Waals surface area contributed by atoms with E-state index in [-0.39, 0.29) is 5.69 Å². The molecule has 0 fully saturated rings. The summed E-state index contributed by atoms with van der Waals surface area (Å²) in [6.07, 6.45) is 1.54. The molecule has 0 aliphatic heterocycles. The van der Waals surface area contributed by atoms with Crippen LogP contribution in [0, 0.1) is 0 Å². The van der Waals surface area contributed by atoms with Crippen LogP contribution in [0.1, 0.15) is 41.2 Å². The van der Waals surface area contributed by atoms with Gasteiger partial charge in [-0.1, -0.05) is 62.4 Å². The Bertz CT molecular complexity index is 1530. The molecule has 9 heteroatoms. The molecule has 0 bridgehead atoms. The molecule has 0 aliphatic carbocycles. The molecule has 0 amide bonds. The fourth-order valence-electron chi connectivity index (χ4n) is 4.41. The van der Waals surface area contributed by atoms with Crippen molar-refractivity contribution in [2.75, 3.05) is 5.32 Å². The van der Waals surface area contributed by atoms with E-state index in [0.29, 0.717) is 23.4 Å². The van der Waals surface area contributed by atoms with E-state index in [1.165, 1.54) is 6.07 Å². The summed E-state index contributed by atoms with van der Waals surface area (Å²) in [5.41, 5.74) is 8.21. The van der Waals surface area contributed by atoms with Crippen molar-refractivity contribution in [2.24, 2.45) is 0 Å². The highest BCUT2D eigenvalue weighted by Crippen LogP contribution is 2.31. The van der Waals surface area contributed by atoms with Gasteiger partial charge in [0.2, 0.25) is 5.82 Å². The number of carboxylic acid groups (broad SMARTS) is 1. The van der Waals surface area contributed by atoms with E-state index in [1.54, 1.807) is 6.07 Å². The fraction of sp³-hybridized carbons (Fsp3) is 0.185. The number of aromatic nitrogens is 6. The van der Waals surface area contributed by atoms with Crippen molar-refractivity contribution >= 4 is 22.7 Å². The van der Waals surface area contributed by atoms with Crippen molar-refractivity contribution in [1.29, 1.82) is 0 Å². The Balaban J connectivity index is 1.46. The third-order valence-corrected chi connectivity index (χ3v) is 6.17. The summed E-state index contributed by atoms with van der Waals surface area (Å²) in [5, 5.41) is 27.4. The second-order valence-corrected chi connectivity index (χ2v) is 8.32. The maximum atomic E-state index is 11.5. The van der Waals surface area contributed by atoms with E-state index in [9.17, 15) is 9.90 Å². The molecular formula is C27H25N7O2. The third kappa shape index (κ3) is 4.38. The molecule has 3 aromatic heterocycles. The van der Waals surface area contributed by atoms with Crippen LogP contribution < -0.4 is 5.32 Å². The van der Waals surface area contributed by atoms with Crippen molar-refractivity contribution in [1.82, 2.24) is 30.6 Å². The molecule has 180 valence electrons. The van der Waals surface area contributed by atoms with Crippen LogP contribution in [0.15, 0.2) is 60.7 Å². The van der Waals surface area contributed by atoms with Crippen molar-refractivity contribution in [2.45, 2.75) is 33.2 Å². The molecule has 9 nitrogen and oxygen atoms in total. The van der Waals surface area contributed by atoms with Crippen LogP contribution in [0.2, 0.25) is 0 Å². The maximum Gasteiger partial charge on any atom is 0.354 e.